The van der Waals surface area contributed by atoms with Crippen molar-refractivity contribution in [2.45, 2.75) is 20.0 Å². The number of hydrogen-bond donors (Lipinski definition) is 2. The molecule has 0 amide bonds. The number of aryl methyl sites for hydroxylation is 1. The second-order valence-electron chi connectivity index (χ2n) is 3.19. The monoisotopic (exact) mass is 199 g/mol. The fourth-order valence-electron chi connectivity index (χ4n) is 1.04. The number of anilines is 1. The van der Waals surface area contributed by atoms with E-state index in [1.54, 1.807) is 6.92 Å². The van der Waals surface area contributed by atoms with E-state index in [1.807, 2.05) is 25.1 Å². The Morgan fingerprint density at radius 3 is 2.85 bits per heavy atom. The second kappa shape index (κ2) is 4.49. The molecule has 0 aromatic heterocycles. The summed E-state index contributed by atoms with van der Waals surface area (Å²) < 4.78 is 0. The first kappa shape index (κ1) is 10.4. The Kier molecular flexibility index (Phi) is 3.58. The molecular formula is C10H14ClNO. The highest BCUT2D eigenvalue weighted by Crippen LogP contribution is 2.19. The lowest BCUT2D eigenvalue weighted by Gasteiger charge is -2.11. The largest absolute Gasteiger partial charge is 0.392 e. The van der Waals surface area contributed by atoms with Crippen molar-refractivity contribution in [1.29, 1.82) is 0 Å². The third kappa shape index (κ3) is 3.25. The quantitative estimate of drug-likeness (QED) is 0.784. The van der Waals surface area contributed by atoms with Crippen LogP contribution < -0.4 is 5.32 Å². The Morgan fingerprint density at radius 2 is 2.23 bits per heavy atom. The maximum Gasteiger partial charge on any atom is 0.0684 e. The molecule has 2 N–H and O–H groups in total. The minimum atomic E-state index is -0.349. The molecule has 0 bridgehead atoms. The van der Waals surface area contributed by atoms with Crippen LogP contribution in [0.3, 0.4) is 0 Å². The third-order valence-electron chi connectivity index (χ3n) is 1.79. The number of aliphatic hydroxyl groups excluding tert-OH is 1. The van der Waals surface area contributed by atoms with E-state index < -0.39 is 0 Å². The summed E-state index contributed by atoms with van der Waals surface area (Å²) in [4.78, 5) is 0. The molecule has 0 radical (unpaired) electrons. The molecule has 0 fully saturated rings. The van der Waals surface area contributed by atoms with Crippen molar-refractivity contribution in [2.24, 2.45) is 0 Å². The summed E-state index contributed by atoms with van der Waals surface area (Å²) in [7, 11) is 0. The first-order chi connectivity index (χ1) is 6.09. The van der Waals surface area contributed by atoms with E-state index in [1.165, 1.54) is 0 Å². The van der Waals surface area contributed by atoms with Crippen LogP contribution in [-0.2, 0) is 0 Å². The molecule has 0 aliphatic heterocycles. The Morgan fingerprint density at radius 1 is 1.54 bits per heavy atom. The lowest BCUT2D eigenvalue weighted by molar-refractivity contribution is 0.208. The molecule has 13 heavy (non-hydrogen) atoms. The zero-order chi connectivity index (χ0) is 9.84. The van der Waals surface area contributed by atoms with Gasteiger partial charge in [0.1, 0.15) is 0 Å². The summed E-state index contributed by atoms with van der Waals surface area (Å²) in [6, 6.07) is 5.66. The van der Waals surface area contributed by atoms with Gasteiger partial charge in [0, 0.05) is 17.3 Å². The molecule has 3 heteroatoms. The maximum atomic E-state index is 9.08. The molecule has 1 aromatic rings. The summed E-state index contributed by atoms with van der Waals surface area (Å²) in [5, 5.41) is 12.9. The van der Waals surface area contributed by atoms with E-state index in [9.17, 15) is 0 Å². The van der Waals surface area contributed by atoms with Gasteiger partial charge in [0.15, 0.2) is 0 Å². The summed E-state index contributed by atoms with van der Waals surface area (Å²) in [5.74, 6) is 0. The zero-order valence-electron chi connectivity index (χ0n) is 7.84. The molecule has 0 saturated heterocycles. The number of aliphatic hydroxyl groups is 1. The van der Waals surface area contributed by atoms with Crippen LogP contribution >= 0.6 is 11.6 Å². The van der Waals surface area contributed by atoms with E-state index in [-0.39, 0.29) is 6.10 Å². The fourth-order valence-corrected chi connectivity index (χ4v) is 1.21. The standard InChI is InChI=1S/C10H14ClNO/c1-7-3-4-9(11)5-10(7)12-6-8(2)13/h3-5,8,12-13H,6H2,1-2H3/t8-/m0/s1. The van der Waals surface area contributed by atoms with Crippen molar-refractivity contribution < 1.29 is 5.11 Å². The molecule has 1 atom stereocenters. The van der Waals surface area contributed by atoms with Gasteiger partial charge in [-0.15, -0.1) is 0 Å². The van der Waals surface area contributed by atoms with Gasteiger partial charge in [-0.2, -0.15) is 0 Å². The average Bonchev–Trinajstić information content (AvgIpc) is 2.06. The molecule has 2 nitrogen and oxygen atoms in total. The highest BCUT2D eigenvalue weighted by molar-refractivity contribution is 6.30. The molecule has 1 aromatic carbocycles. The molecule has 0 spiro atoms. The van der Waals surface area contributed by atoms with E-state index in [4.69, 9.17) is 16.7 Å². The van der Waals surface area contributed by atoms with Crippen LogP contribution in [0.1, 0.15) is 12.5 Å². The van der Waals surface area contributed by atoms with Gasteiger partial charge in [-0.05, 0) is 31.5 Å². The normalized spacial score (nSPS) is 12.6. The minimum absolute atomic E-state index is 0.349. The van der Waals surface area contributed by atoms with Crippen molar-refractivity contribution >= 4 is 17.3 Å². The number of halogens is 1. The molecular weight excluding hydrogens is 186 g/mol. The van der Waals surface area contributed by atoms with Crippen molar-refractivity contribution in [3.05, 3.63) is 28.8 Å². The Bertz CT molecular complexity index is 286. The van der Waals surface area contributed by atoms with Gasteiger partial charge in [-0.3, -0.25) is 0 Å². The Hall–Kier alpha value is -0.730. The van der Waals surface area contributed by atoms with Crippen LogP contribution in [0.4, 0.5) is 5.69 Å². The van der Waals surface area contributed by atoms with Crippen LogP contribution in [0.5, 0.6) is 0 Å². The lowest BCUT2D eigenvalue weighted by atomic mass is 10.2. The second-order valence-corrected chi connectivity index (χ2v) is 3.63. The van der Waals surface area contributed by atoms with Gasteiger partial charge in [0.05, 0.1) is 6.10 Å². The Labute approximate surface area is 83.5 Å². The van der Waals surface area contributed by atoms with Crippen LogP contribution in [0.2, 0.25) is 5.02 Å². The number of benzene rings is 1. The molecule has 72 valence electrons. The van der Waals surface area contributed by atoms with Crippen molar-refractivity contribution in [3.8, 4) is 0 Å². The van der Waals surface area contributed by atoms with Crippen LogP contribution in [-0.4, -0.2) is 17.8 Å². The highest BCUT2D eigenvalue weighted by Gasteiger charge is 2.00. The topological polar surface area (TPSA) is 32.3 Å². The van der Waals surface area contributed by atoms with Crippen molar-refractivity contribution in [1.82, 2.24) is 0 Å². The predicted molar refractivity (Wildman–Crippen MR) is 56.4 cm³/mol. The van der Waals surface area contributed by atoms with Crippen molar-refractivity contribution in [3.63, 3.8) is 0 Å². The Balaban J connectivity index is 2.70. The van der Waals surface area contributed by atoms with E-state index >= 15 is 0 Å². The molecule has 0 unspecified atom stereocenters. The summed E-state index contributed by atoms with van der Waals surface area (Å²) in [6.45, 7) is 4.29. The van der Waals surface area contributed by atoms with Crippen molar-refractivity contribution in [2.75, 3.05) is 11.9 Å². The van der Waals surface area contributed by atoms with Gasteiger partial charge in [-0.25, -0.2) is 0 Å². The van der Waals surface area contributed by atoms with Gasteiger partial charge in [0.25, 0.3) is 0 Å². The first-order valence-electron chi connectivity index (χ1n) is 4.27. The first-order valence-corrected chi connectivity index (χ1v) is 4.65. The van der Waals surface area contributed by atoms with Crippen LogP contribution in [0, 0.1) is 6.92 Å². The van der Waals surface area contributed by atoms with E-state index in [0.717, 1.165) is 11.3 Å². The number of rotatable bonds is 3. The van der Waals surface area contributed by atoms with E-state index in [0.29, 0.717) is 11.6 Å². The number of hydrogen-bond acceptors (Lipinski definition) is 2. The minimum Gasteiger partial charge on any atom is -0.392 e. The SMILES string of the molecule is Cc1ccc(Cl)cc1NC[C@H](C)O. The van der Waals surface area contributed by atoms with Gasteiger partial charge in [-0.1, -0.05) is 17.7 Å². The summed E-state index contributed by atoms with van der Waals surface area (Å²) in [5.41, 5.74) is 2.11. The number of nitrogens with one attached hydrogen (secondary N) is 1. The maximum absolute atomic E-state index is 9.08. The average molecular weight is 200 g/mol. The summed E-state index contributed by atoms with van der Waals surface area (Å²) >= 11 is 5.83. The predicted octanol–water partition coefficient (Wildman–Crippen LogP) is 2.44. The van der Waals surface area contributed by atoms with Crippen LogP contribution in [0.15, 0.2) is 18.2 Å². The third-order valence-corrected chi connectivity index (χ3v) is 2.02. The molecule has 1 rings (SSSR count). The van der Waals surface area contributed by atoms with Gasteiger partial charge >= 0.3 is 0 Å². The lowest BCUT2D eigenvalue weighted by Crippen LogP contribution is -2.15. The molecule has 0 aliphatic rings. The highest BCUT2D eigenvalue weighted by atomic mass is 35.5. The summed E-state index contributed by atoms with van der Waals surface area (Å²) in [6.07, 6.45) is -0.349. The molecule has 0 aliphatic carbocycles. The smallest absolute Gasteiger partial charge is 0.0684 e. The van der Waals surface area contributed by atoms with Crippen LogP contribution in [0.25, 0.3) is 0 Å². The van der Waals surface area contributed by atoms with E-state index in [2.05, 4.69) is 5.32 Å². The molecule has 0 saturated carbocycles. The van der Waals surface area contributed by atoms with Gasteiger partial charge < -0.3 is 10.4 Å². The van der Waals surface area contributed by atoms with Gasteiger partial charge in [0.2, 0.25) is 0 Å². The fraction of sp³-hybridized carbons (Fsp3) is 0.400. The molecule has 0 heterocycles. The zero-order valence-corrected chi connectivity index (χ0v) is 8.60.